The predicted octanol–water partition coefficient (Wildman–Crippen LogP) is 4.06. The van der Waals surface area contributed by atoms with Gasteiger partial charge in [0.25, 0.3) is 0 Å². The molecule has 78 valence electrons. The van der Waals surface area contributed by atoms with Crippen LogP contribution in [-0.4, -0.2) is 4.98 Å². The SMILES string of the molecule is CC=C1CC=Cc2ncc3ccccc3c21. The van der Waals surface area contributed by atoms with E-state index in [9.17, 15) is 0 Å². The van der Waals surface area contributed by atoms with E-state index in [0.29, 0.717) is 0 Å². The van der Waals surface area contributed by atoms with E-state index in [1.165, 1.54) is 21.9 Å². The Labute approximate surface area is 95.1 Å². The molecule has 0 saturated heterocycles. The number of benzene rings is 1. The van der Waals surface area contributed by atoms with E-state index in [4.69, 9.17) is 0 Å². The maximum atomic E-state index is 4.52. The molecule has 0 N–H and O–H groups in total. The Morgan fingerprint density at radius 1 is 1.25 bits per heavy atom. The molecule has 1 heterocycles. The molecular weight excluding hydrogens is 194 g/mol. The number of pyridine rings is 1. The van der Waals surface area contributed by atoms with Crippen molar-refractivity contribution in [2.75, 3.05) is 0 Å². The van der Waals surface area contributed by atoms with Gasteiger partial charge in [0.2, 0.25) is 0 Å². The van der Waals surface area contributed by atoms with Crippen molar-refractivity contribution in [1.82, 2.24) is 4.98 Å². The van der Waals surface area contributed by atoms with E-state index in [0.717, 1.165) is 12.1 Å². The average molecular weight is 207 g/mol. The first kappa shape index (κ1) is 9.34. The van der Waals surface area contributed by atoms with Crippen LogP contribution in [0.1, 0.15) is 24.6 Å². The zero-order valence-electron chi connectivity index (χ0n) is 9.27. The van der Waals surface area contributed by atoms with Crippen molar-refractivity contribution in [3.8, 4) is 0 Å². The van der Waals surface area contributed by atoms with E-state index in [1.807, 2.05) is 6.20 Å². The molecule has 0 atom stereocenters. The third-order valence-corrected chi connectivity index (χ3v) is 3.11. The Morgan fingerprint density at radius 3 is 3.00 bits per heavy atom. The molecule has 1 aliphatic rings. The molecule has 2 aromatic rings. The van der Waals surface area contributed by atoms with Crippen LogP contribution in [-0.2, 0) is 0 Å². The van der Waals surface area contributed by atoms with Gasteiger partial charge >= 0.3 is 0 Å². The van der Waals surface area contributed by atoms with Crippen molar-refractivity contribution in [2.45, 2.75) is 13.3 Å². The lowest BCUT2D eigenvalue weighted by atomic mass is 9.91. The lowest BCUT2D eigenvalue weighted by Crippen LogP contribution is -1.97. The monoisotopic (exact) mass is 207 g/mol. The number of allylic oxidation sites excluding steroid dienone is 3. The minimum Gasteiger partial charge on any atom is -0.256 e. The fourth-order valence-corrected chi connectivity index (χ4v) is 2.30. The van der Waals surface area contributed by atoms with Crippen molar-refractivity contribution >= 4 is 22.4 Å². The quantitative estimate of drug-likeness (QED) is 0.635. The van der Waals surface area contributed by atoms with E-state index in [-0.39, 0.29) is 0 Å². The van der Waals surface area contributed by atoms with Gasteiger partial charge in [0.15, 0.2) is 0 Å². The van der Waals surface area contributed by atoms with Crippen LogP contribution in [0.25, 0.3) is 22.4 Å². The van der Waals surface area contributed by atoms with Crippen LogP contribution in [0.2, 0.25) is 0 Å². The molecule has 0 amide bonds. The molecule has 0 saturated carbocycles. The van der Waals surface area contributed by atoms with Crippen molar-refractivity contribution in [1.29, 1.82) is 0 Å². The lowest BCUT2D eigenvalue weighted by molar-refractivity contribution is 1.25. The van der Waals surface area contributed by atoms with Crippen molar-refractivity contribution in [3.05, 3.63) is 53.9 Å². The van der Waals surface area contributed by atoms with Crippen LogP contribution >= 0.6 is 0 Å². The van der Waals surface area contributed by atoms with Gasteiger partial charge in [0.05, 0.1) is 5.69 Å². The summed E-state index contributed by atoms with van der Waals surface area (Å²) >= 11 is 0. The molecule has 0 unspecified atom stereocenters. The molecule has 0 fully saturated rings. The Bertz CT molecular complexity index is 606. The van der Waals surface area contributed by atoms with Gasteiger partial charge in [-0.15, -0.1) is 0 Å². The highest BCUT2D eigenvalue weighted by atomic mass is 14.7. The maximum absolute atomic E-state index is 4.52. The minimum absolute atomic E-state index is 1.01. The Balaban J connectivity index is 2.44. The summed E-state index contributed by atoms with van der Waals surface area (Å²) in [4.78, 5) is 4.52. The summed E-state index contributed by atoms with van der Waals surface area (Å²) < 4.78 is 0. The zero-order valence-corrected chi connectivity index (χ0v) is 9.27. The summed E-state index contributed by atoms with van der Waals surface area (Å²) in [6, 6.07) is 8.45. The van der Waals surface area contributed by atoms with E-state index < -0.39 is 0 Å². The van der Waals surface area contributed by atoms with Crippen molar-refractivity contribution in [3.63, 3.8) is 0 Å². The van der Waals surface area contributed by atoms with E-state index in [1.54, 1.807) is 0 Å². The fraction of sp³-hybridized carbons (Fsp3) is 0.133. The molecule has 1 aliphatic carbocycles. The Kier molecular flexibility index (Phi) is 2.10. The third kappa shape index (κ3) is 1.28. The Morgan fingerprint density at radius 2 is 2.12 bits per heavy atom. The number of hydrogen-bond acceptors (Lipinski definition) is 1. The van der Waals surface area contributed by atoms with Gasteiger partial charge in [-0.3, -0.25) is 4.98 Å². The van der Waals surface area contributed by atoms with Gasteiger partial charge in [-0.05, 0) is 30.4 Å². The van der Waals surface area contributed by atoms with Crippen LogP contribution < -0.4 is 0 Å². The molecule has 0 aliphatic heterocycles. The second kappa shape index (κ2) is 3.60. The third-order valence-electron chi connectivity index (χ3n) is 3.11. The summed E-state index contributed by atoms with van der Waals surface area (Å²) in [6.07, 6.45) is 9.46. The first-order chi connectivity index (χ1) is 7.90. The van der Waals surface area contributed by atoms with Crippen LogP contribution in [0.3, 0.4) is 0 Å². The van der Waals surface area contributed by atoms with Crippen LogP contribution in [0.5, 0.6) is 0 Å². The second-order valence-corrected chi connectivity index (χ2v) is 4.03. The number of aromatic nitrogens is 1. The molecule has 1 nitrogen and oxygen atoms in total. The highest BCUT2D eigenvalue weighted by molar-refractivity contribution is 5.97. The first-order valence-corrected chi connectivity index (χ1v) is 5.60. The molecule has 16 heavy (non-hydrogen) atoms. The summed E-state index contributed by atoms with van der Waals surface area (Å²) in [5, 5.41) is 2.53. The molecule has 1 heteroatoms. The summed E-state index contributed by atoms with van der Waals surface area (Å²) in [5.74, 6) is 0. The van der Waals surface area contributed by atoms with Crippen LogP contribution in [0.4, 0.5) is 0 Å². The zero-order chi connectivity index (χ0) is 11.0. The highest BCUT2D eigenvalue weighted by Gasteiger charge is 2.13. The number of nitrogens with zero attached hydrogens (tertiary/aromatic N) is 1. The Hall–Kier alpha value is -1.89. The average Bonchev–Trinajstić information content (AvgIpc) is 2.37. The molecule has 1 aromatic heterocycles. The molecule has 0 radical (unpaired) electrons. The number of fused-ring (bicyclic) bond motifs is 3. The summed E-state index contributed by atoms with van der Waals surface area (Å²) in [6.45, 7) is 2.10. The molecule has 1 aromatic carbocycles. The summed E-state index contributed by atoms with van der Waals surface area (Å²) in [7, 11) is 0. The minimum atomic E-state index is 1.01. The van der Waals surface area contributed by atoms with Crippen LogP contribution in [0, 0.1) is 0 Å². The number of rotatable bonds is 0. The maximum Gasteiger partial charge on any atom is 0.0708 e. The highest BCUT2D eigenvalue weighted by Crippen LogP contribution is 2.33. The van der Waals surface area contributed by atoms with Gasteiger partial charge in [-0.25, -0.2) is 0 Å². The van der Waals surface area contributed by atoms with Gasteiger partial charge < -0.3 is 0 Å². The number of hydrogen-bond donors (Lipinski definition) is 0. The standard InChI is InChI=1S/C15H13N/c1-2-11-7-5-9-14-15(11)13-8-4-3-6-12(13)10-16-14/h2-6,8-10H,7H2,1H3. The smallest absolute Gasteiger partial charge is 0.0708 e. The normalized spacial score (nSPS) is 16.7. The predicted molar refractivity (Wildman–Crippen MR) is 69.0 cm³/mol. The van der Waals surface area contributed by atoms with Crippen LogP contribution in [0.15, 0.2) is 42.6 Å². The first-order valence-electron chi connectivity index (χ1n) is 5.60. The lowest BCUT2D eigenvalue weighted by Gasteiger charge is -2.15. The van der Waals surface area contributed by atoms with Crippen molar-refractivity contribution < 1.29 is 0 Å². The van der Waals surface area contributed by atoms with Gasteiger partial charge in [-0.2, -0.15) is 0 Å². The van der Waals surface area contributed by atoms with Gasteiger partial charge in [0.1, 0.15) is 0 Å². The molecule has 3 rings (SSSR count). The van der Waals surface area contributed by atoms with Gasteiger partial charge in [0, 0.05) is 17.1 Å². The second-order valence-electron chi connectivity index (χ2n) is 4.03. The van der Waals surface area contributed by atoms with E-state index in [2.05, 4.69) is 54.4 Å². The molecule has 0 bridgehead atoms. The van der Waals surface area contributed by atoms with Crippen molar-refractivity contribution in [2.24, 2.45) is 0 Å². The largest absolute Gasteiger partial charge is 0.256 e. The fourth-order valence-electron chi connectivity index (χ4n) is 2.30. The summed E-state index contributed by atoms with van der Waals surface area (Å²) in [5.41, 5.74) is 3.78. The van der Waals surface area contributed by atoms with E-state index >= 15 is 0 Å². The molecular formula is C15H13N. The topological polar surface area (TPSA) is 12.9 Å². The van der Waals surface area contributed by atoms with Gasteiger partial charge in [-0.1, -0.05) is 36.4 Å². The molecule has 0 spiro atoms.